The highest BCUT2D eigenvalue weighted by atomic mass is 79.9. The van der Waals surface area contributed by atoms with Crippen LogP contribution in [-0.4, -0.2) is 6.54 Å². The molecule has 2 aromatic rings. The second-order valence-corrected chi connectivity index (χ2v) is 5.43. The largest absolute Gasteiger partial charge is 0.306 e. The number of hydrogen-bond acceptors (Lipinski definition) is 1. The topological polar surface area (TPSA) is 12.0 Å². The van der Waals surface area contributed by atoms with Crippen molar-refractivity contribution in [2.24, 2.45) is 0 Å². The summed E-state index contributed by atoms with van der Waals surface area (Å²) in [4.78, 5) is 0. The molecular formula is C16H16BrF2N. The smallest absolute Gasteiger partial charge is 0.137 e. The van der Waals surface area contributed by atoms with E-state index in [0.29, 0.717) is 11.0 Å². The summed E-state index contributed by atoms with van der Waals surface area (Å²) in [5, 5.41) is 3.29. The number of benzene rings is 2. The molecule has 0 fully saturated rings. The van der Waals surface area contributed by atoms with Crippen molar-refractivity contribution in [2.45, 2.75) is 19.9 Å². The van der Waals surface area contributed by atoms with Crippen LogP contribution in [0.2, 0.25) is 0 Å². The molecule has 106 valence electrons. The fourth-order valence-corrected chi connectivity index (χ4v) is 2.75. The average Bonchev–Trinajstić information content (AvgIpc) is 2.43. The van der Waals surface area contributed by atoms with E-state index in [1.54, 1.807) is 12.1 Å². The zero-order valence-corrected chi connectivity index (χ0v) is 13.0. The quantitative estimate of drug-likeness (QED) is 0.848. The van der Waals surface area contributed by atoms with Gasteiger partial charge in [-0.2, -0.15) is 0 Å². The Labute approximate surface area is 126 Å². The molecule has 4 heteroatoms. The molecule has 0 radical (unpaired) electrons. The van der Waals surface area contributed by atoms with Crippen molar-refractivity contribution >= 4 is 15.9 Å². The van der Waals surface area contributed by atoms with E-state index in [1.165, 1.54) is 18.2 Å². The normalized spacial score (nSPS) is 12.4. The lowest BCUT2D eigenvalue weighted by molar-refractivity contribution is 0.585. The Balaban J connectivity index is 2.56. The number of rotatable bonds is 4. The Morgan fingerprint density at radius 2 is 1.90 bits per heavy atom. The minimum absolute atomic E-state index is 0.249. The van der Waals surface area contributed by atoms with Crippen LogP contribution in [0, 0.1) is 18.6 Å². The molecule has 0 spiro atoms. The molecule has 2 rings (SSSR count). The highest BCUT2D eigenvalue weighted by Crippen LogP contribution is 2.32. The molecule has 1 nitrogen and oxygen atoms in total. The third-order valence-corrected chi connectivity index (χ3v) is 4.09. The minimum Gasteiger partial charge on any atom is -0.306 e. The van der Waals surface area contributed by atoms with Crippen LogP contribution >= 0.6 is 15.9 Å². The molecule has 1 N–H and O–H groups in total. The standard InChI is InChI=1S/C16H16BrF2N/c1-3-20-16(12-5-4-6-14(19)15(12)17)13-9-11(18)8-7-10(13)2/h4-9,16,20H,3H2,1-2H3. The molecule has 0 bridgehead atoms. The first-order valence-electron chi connectivity index (χ1n) is 6.48. The predicted octanol–water partition coefficient (Wildman–Crippen LogP) is 4.73. The summed E-state index contributed by atoms with van der Waals surface area (Å²) in [7, 11) is 0. The van der Waals surface area contributed by atoms with Gasteiger partial charge in [-0.25, -0.2) is 8.78 Å². The Hall–Kier alpha value is -1.26. The van der Waals surface area contributed by atoms with E-state index in [0.717, 1.165) is 16.7 Å². The van der Waals surface area contributed by atoms with Crippen molar-refractivity contribution in [2.75, 3.05) is 6.54 Å². The van der Waals surface area contributed by atoms with Crippen molar-refractivity contribution in [3.05, 3.63) is 69.2 Å². The second kappa shape index (κ2) is 6.46. The van der Waals surface area contributed by atoms with Gasteiger partial charge in [0.1, 0.15) is 11.6 Å². The molecule has 20 heavy (non-hydrogen) atoms. The molecule has 0 aromatic heterocycles. The van der Waals surface area contributed by atoms with Crippen LogP contribution in [0.4, 0.5) is 8.78 Å². The van der Waals surface area contributed by atoms with Gasteiger partial charge in [0.2, 0.25) is 0 Å². The molecule has 2 aromatic carbocycles. The number of nitrogens with one attached hydrogen (secondary N) is 1. The van der Waals surface area contributed by atoms with Gasteiger partial charge in [0.05, 0.1) is 10.5 Å². The number of hydrogen-bond donors (Lipinski definition) is 1. The molecule has 0 heterocycles. The summed E-state index contributed by atoms with van der Waals surface area (Å²) < 4.78 is 27.7. The molecule has 0 aliphatic carbocycles. The zero-order chi connectivity index (χ0) is 14.7. The van der Waals surface area contributed by atoms with Crippen LogP contribution in [0.3, 0.4) is 0 Å². The number of halogens is 3. The Morgan fingerprint density at radius 3 is 2.60 bits per heavy atom. The lowest BCUT2D eigenvalue weighted by atomic mass is 9.94. The highest BCUT2D eigenvalue weighted by Gasteiger charge is 2.19. The third-order valence-electron chi connectivity index (χ3n) is 3.25. The lowest BCUT2D eigenvalue weighted by Crippen LogP contribution is -2.23. The van der Waals surface area contributed by atoms with Crippen LogP contribution in [0.15, 0.2) is 40.9 Å². The van der Waals surface area contributed by atoms with E-state index < -0.39 is 0 Å². The summed E-state index contributed by atoms with van der Waals surface area (Å²) >= 11 is 3.28. The summed E-state index contributed by atoms with van der Waals surface area (Å²) in [5.41, 5.74) is 2.55. The molecular weight excluding hydrogens is 324 g/mol. The van der Waals surface area contributed by atoms with Crippen molar-refractivity contribution in [1.82, 2.24) is 5.32 Å². The fraction of sp³-hybridized carbons (Fsp3) is 0.250. The van der Waals surface area contributed by atoms with Crippen LogP contribution in [0.25, 0.3) is 0 Å². The number of aryl methyl sites for hydroxylation is 1. The SMILES string of the molecule is CCNC(c1cc(F)ccc1C)c1cccc(F)c1Br. The van der Waals surface area contributed by atoms with Gasteiger partial charge < -0.3 is 5.32 Å². The maximum Gasteiger partial charge on any atom is 0.137 e. The van der Waals surface area contributed by atoms with Gasteiger partial charge in [-0.3, -0.25) is 0 Å². The van der Waals surface area contributed by atoms with E-state index in [-0.39, 0.29) is 17.7 Å². The molecule has 0 aliphatic heterocycles. The maximum atomic E-state index is 13.7. The monoisotopic (exact) mass is 339 g/mol. The lowest BCUT2D eigenvalue weighted by Gasteiger charge is -2.22. The summed E-state index contributed by atoms with van der Waals surface area (Å²) in [6.07, 6.45) is 0. The molecule has 1 unspecified atom stereocenters. The van der Waals surface area contributed by atoms with Gasteiger partial charge in [0, 0.05) is 0 Å². The first-order chi connectivity index (χ1) is 9.54. The first kappa shape index (κ1) is 15.1. The Kier molecular flexibility index (Phi) is 4.89. The van der Waals surface area contributed by atoms with E-state index in [9.17, 15) is 8.78 Å². The van der Waals surface area contributed by atoms with E-state index >= 15 is 0 Å². The van der Waals surface area contributed by atoms with Crippen LogP contribution < -0.4 is 5.32 Å². The summed E-state index contributed by atoms with van der Waals surface area (Å²) in [6.45, 7) is 4.59. The molecule has 0 saturated carbocycles. The highest BCUT2D eigenvalue weighted by molar-refractivity contribution is 9.10. The molecule has 0 aliphatic rings. The average molecular weight is 340 g/mol. The van der Waals surface area contributed by atoms with Crippen molar-refractivity contribution in [3.8, 4) is 0 Å². The van der Waals surface area contributed by atoms with Gasteiger partial charge in [-0.1, -0.05) is 25.1 Å². The van der Waals surface area contributed by atoms with Gasteiger partial charge >= 0.3 is 0 Å². The van der Waals surface area contributed by atoms with E-state index in [2.05, 4.69) is 21.2 Å². The minimum atomic E-state index is -0.320. The Morgan fingerprint density at radius 1 is 1.15 bits per heavy atom. The zero-order valence-electron chi connectivity index (χ0n) is 11.4. The van der Waals surface area contributed by atoms with Crippen LogP contribution in [0.5, 0.6) is 0 Å². The van der Waals surface area contributed by atoms with E-state index in [1.807, 2.05) is 19.9 Å². The van der Waals surface area contributed by atoms with Crippen molar-refractivity contribution < 1.29 is 8.78 Å². The van der Waals surface area contributed by atoms with Crippen LogP contribution in [-0.2, 0) is 0 Å². The van der Waals surface area contributed by atoms with Gasteiger partial charge in [0.15, 0.2) is 0 Å². The first-order valence-corrected chi connectivity index (χ1v) is 7.27. The molecule has 0 saturated heterocycles. The molecule has 1 atom stereocenters. The van der Waals surface area contributed by atoms with Crippen molar-refractivity contribution in [1.29, 1.82) is 0 Å². The fourth-order valence-electron chi connectivity index (χ4n) is 2.26. The van der Waals surface area contributed by atoms with Gasteiger partial charge in [-0.05, 0) is 64.3 Å². The molecule has 0 amide bonds. The second-order valence-electron chi connectivity index (χ2n) is 4.63. The summed E-state index contributed by atoms with van der Waals surface area (Å²) in [5.74, 6) is -0.611. The summed E-state index contributed by atoms with van der Waals surface area (Å²) in [6, 6.07) is 9.32. The van der Waals surface area contributed by atoms with Crippen LogP contribution in [0.1, 0.15) is 29.7 Å². The van der Waals surface area contributed by atoms with Crippen molar-refractivity contribution in [3.63, 3.8) is 0 Å². The van der Waals surface area contributed by atoms with E-state index in [4.69, 9.17) is 0 Å². The van der Waals surface area contributed by atoms with Gasteiger partial charge in [0.25, 0.3) is 0 Å². The predicted molar refractivity (Wildman–Crippen MR) is 80.8 cm³/mol. The third kappa shape index (κ3) is 3.07. The maximum absolute atomic E-state index is 13.7. The van der Waals surface area contributed by atoms with Gasteiger partial charge in [-0.15, -0.1) is 0 Å². The Bertz CT molecular complexity index is 611.